The van der Waals surface area contributed by atoms with Crippen molar-refractivity contribution >= 4 is 24.0 Å². The fraction of sp³-hybridized carbons (Fsp3) is 0.533. The summed E-state index contributed by atoms with van der Waals surface area (Å²) in [6, 6.07) is 1.99. The maximum absolute atomic E-state index is 12.8. The standard InChI is InChI=1S/C15H21N5O.ClH/c1-10-3-5-19(12(7-10)8-16)15(21)13-9-17-20-6-4-11(2)18-14(13)20;/h4,6,9-10,12H,3,5,7-8,16H2,1-2H3;1H. The van der Waals surface area contributed by atoms with E-state index in [9.17, 15) is 4.79 Å². The van der Waals surface area contributed by atoms with E-state index in [0.717, 1.165) is 25.1 Å². The van der Waals surface area contributed by atoms with E-state index in [2.05, 4.69) is 17.0 Å². The zero-order valence-corrected chi connectivity index (χ0v) is 13.7. The van der Waals surface area contributed by atoms with Gasteiger partial charge in [-0.1, -0.05) is 6.92 Å². The molecule has 1 saturated heterocycles. The highest BCUT2D eigenvalue weighted by molar-refractivity contribution is 5.99. The van der Waals surface area contributed by atoms with Gasteiger partial charge in [-0.25, -0.2) is 9.50 Å². The van der Waals surface area contributed by atoms with Crippen molar-refractivity contribution in [3.63, 3.8) is 0 Å². The fourth-order valence-corrected chi connectivity index (χ4v) is 3.01. The molecular weight excluding hydrogens is 302 g/mol. The third-order valence-corrected chi connectivity index (χ3v) is 4.25. The molecule has 3 heterocycles. The number of amides is 1. The summed E-state index contributed by atoms with van der Waals surface area (Å²) in [6.07, 6.45) is 5.42. The molecule has 0 aliphatic carbocycles. The summed E-state index contributed by atoms with van der Waals surface area (Å²) >= 11 is 0. The van der Waals surface area contributed by atoms with Crippen LogP contribution in [0.1, 0.15) is 35.8 Å². The first-order valence-corrected chi connectivity index (χ1v) is 7.42. The SMILES string of the molecule is Cc1ccn2ncc(C(=O)N3CCC(C)CC3CN)c2n1.Cl. The second-order valence-corrected chi connectivity index (χ2v) is 5.91. The van der Waals surface area contributed by atoms with Crippen LogP contribution in [-0.4, -0.2) is 44.5 Å². The molecule has 7 heteroatoms. The Kier molecular flexibility index (Phi) is 5.03. The number of piperidine rings is 1. The molecule has 0 spiro atoms. The van der Waals surface area contributed by atoms with E-state index in [0.29, 0.717) is 23.7 Å². The topological polar surface area (TPSA) is 76.5 Å². The van der Waals surface area contributed by atoms with E-state index < -0.39 is 0 Å². The molecule has 1 amide bonds. The van der Waals surface area contributed by atoms with Crippen molar-refractivity contribution in [1.29, 1.82) is 0 Å². The van der Waals surface area contributed by atoms with Crippen molar-refractivity contribution in [1.82, 2.24) is 19.5 Å². The molecule has 2 aromatic rings. The number of nitrogens with two attached hydrogens (primary N) is 1. The predicted molar refractivity (Wildman–Crippen MR) is 87.2 cm³/mol. The largest absolute Gasteiger partial charge is 0.334 e. The quantitative estimate of drug-likeness (QED) is 0.912. The summed E-state index contributed by atoms with van der Waals surface area (Å²) in [5, 5.41) is 4.22. The zero-order valence-electron chi connectivity index (χ0n) is 12.9. The average Bonchev–Trinajstić information content (AvgIpc) is 2.89. The van der Waals surface area contributed by atoms with E-state index in [1.165, 1.54) is 0 Å². The first-order chi connectivity index (χ1) is 10.1. The molecule has 0 bridgehead atoms. The molecule has 6 nitrogen and oxygen atoms in total. The lowest BCUT2D eigenvalue weighted by atomic mass is 9.92. The van der Waals surface area contributed by atoms with Crippen LogP contribution >= 0.6 is 12.4 Å². The highest BCUT2D eigenvalue weighted by atomic mass is 35.5. The van der Waals surface area contributed by atoms with E-state index >= 15 is 0 Å². The Labute approximate surface area is 136 Å². The molecule has 2 atom stereocenters. The number of carbonyl (C=O) groups excluding carboxylic acids is 1. The number of hydrogen-bond donors (Lipinski definition) is 1. The molecule has 3 rings (SSSR count). The van der Waals surface area contributed by atoms with Crippen LogP contribution in [0.25, 0.3) is 5.65 Å². The van der Waals surface area contributed by atoms with Crippen LogP contribution in [-0.2, 0) is 0 Å². The van der Waals surface area contributed by atoms with Crippen molar-refractivity contribution in [2.24, 2.45) is 11.7 Å². The lowest BCUT2D eigenvalue weighted by Crippen LogP contribution is -2.49. The van der Waals surface area contributed by atoms with Crippen LogP contribution in [0.2, 0.25) is 0 Å². The third-order valence-electron chi connectivity index (χ3n) is 4.25. The average molecular weight is 324 g/mol. The molecule has 1 aliphatic heterocycles. The molecule has 0 radical (unpaired) electrons. The third kappa shape index (κ3) is 2.94. The van der Waals surface area contributed by atoms with E-state index in [1.807, 2.05) is 24.1 Å². The summed E-state index contributed by atoms with van der Waals surface area (Å²) in [5.41, 5.74) is 7.91. The molecular formula is C15H22ClN5O. The molecule has 2 N–H and O–H groups in total. The van der Waals surface area contributed by atoms with Crippen LogP contribution in [0.3, 0.4) is 0 Å². The van der Waals surface area contributed by atoms with Gasteiger partial charge in [-0.15, -0.1) is 12.4 Å². The molecule has 0 saturated carbocycles. The minimum absolute atomic E-state index is 0. The zero-order chi connectivity index (χ0) is 15.0. The van der Waals surface area contributed by atoms with Crippen molar-refractivity contribution in [3.05, 3.63) is 29.7 Å². The van der Waals surface area contributed by atoms with Gasteiger partial charge in [0.2, 0.25) is 0 Å². The molecule has 2 aromatic heterocycles. The Hall–Kier alpha value is -1.66. The van der Waals surface area contributed by atoms with Crippen molar-refractivity contribution < 1.29 is 4.79 Å². The number of aromatic nitrogens is 3. The molecule has 2 unspecified atom stereocenters. The van der Waals surface area contributed by atoms with Gasteiger partial charge in [0.25, 0.3) is 5.91 Å². The van der Waals surface area contributed by atoms with Crippen LogP contribution in [0.5, 0.6) is 0 Å². The van der Waals surface area contributed by atoms with Crippen molar-refractivity contribution in [2.45, 2.75) is 32.7 Å². The van der Waals surface area contributed by atoms with Gasteiger partial charge < -0.3 is 10.6 Å². The predicted octanol–water partition coefficient (Wildman–Crippen LogP) is 1.66. The number of hydrogen-bond acceptors (Lipinski definition) is 4. The summed E-state index contributed by atoms with van der Waals surface area (Å²) in [4.78, 5) is 19.2. The van der Waals surface area contributed by atoms with Crippen LogP contribution in [0, 0.1) is 12.8 Å². The van der Waals surface area contributed by atoms with Crippen molar-refractivity contribution in [2.75, 3.05) is 13.1 Å². The Morgan fingerprint density at radius 2 is 2.27 bits per heavy atom. The number of carbonyl (C=O) groups is 1. The minimum Gasteiger partial charge on any atom is -0.334 e. The molecule has 22 heavy (non-hydrogen) atoms. The second kappa shape index (κ2) is 6.62. The monoisotopic (exact) mass is 323 g/mol. The summed E-state index contributed by atoms with van der Waals surface area (Å²) in [6.45, 7) is 5.38. The van der Waals surface area contributed by atoms with E-state index in [-0.39, 0.29) is 24.4 Å². The minimum atomic E-state index is -0.00884. The number of nitrogens with zero attached hydrogens (tertiary/aromatic N) is 4. The number of fused-ring (bicyclic) bond motifs is 1. The number of likely N-dealkylation sites (tertiary alicyclic amines) is 1. The molecule has 1 fully saturated rings. The molecule has 1 aliphatic rings. The number of aryl methyl sites for hydroxylation is 1. The summed E-state index contributed by atoms with van der Waals surface area (Å²) < 4.78 is 1.64. The lowest BCUT2D eigenvalue weighted by molar-refractivity contribution is 0.0575. The highest BCUT2D eigenvalue weighted by Gasteiger charge is 2.31. The van der Waals surface area contributed by atoms with Crippen LogP contribution in [0.4, 0.5) is 0 Å². The second-order valence-electron chi connectivity index (χ2n) is 5.91. The van der Waals surface area contributed by atoms with Gasteiger partial charge in [-0.05, 0) is 31.7 Å². The Bertz CT molecular complexity index is 671. The number of halogens is 1. The van der Waals surface area contributed by atoms with Gasteiger partial charge >= 0.3 is 0 Å². The molecule has 120 valence electrons. The van der Waals surface area contributed by atoms with Gasteiger partial charge in [0.1, 0.15) is 5.56 Å². The van der Waals surface area contributed by atoms with Gasteiger partial charge in [0, 0.05) is 31.0 Å². The Balaban J connectivity index is 0.00000176. The first-order valence-electron chi connectivity index (χ1n) is 7.42. The maximum atomic E-state index is 12.8. The maximum Gasteiger partial charge on any atom is 0.259 e. The Morgan fingerprint density at radius 1 is 1.50 bits per heavy atom. The van der Waals surface area contributed by atoms with E-state index in [4.69, 9.17) is 5.73 Å². The van der Waals surface area contributed by atoms with Crippen LogP contribution in [0.15, 0.2) is 18.5 Å². The lowest BCUT2D eigenvalue weighted by Gasteiger charge is -2.37. The van der Waals surface area contributed by atoms with Gasteiger partial charge in [-0.3, -0.25) is 4.79 Å². The van der Waals surface area contributed by atoms with E-state index in [1.54, 1.807) is 10.7 Å². The number of rotatable bonds is 2. The van der Waals surface area contributed by atoms with Crippen molar-refractivity contribution in [3.8, 4) is 0 Å². The van der Waals surface area contributed by atoms with Gasteiger partial charge in [0.05, 0.1) is 6.20 Å². The summed E-state index contributed by atoms with van der Waals surface area (Å²) in [7, 11) is 0. The normalized spacial score (nSPS) is 21.7. The van der Waals surface area contributed by atoms with Gasteiger partial charge in [-0.2, -0.15) is 5.10 Å². The smallest absolute Gasteiger partial charge is 0.259 e. The van der Waals surface area contributed by atoms with Crippen LogP contribution < -0.4 is 5.73 Å². The molecule has 0 aromatic carbocycles. The summed E-state index contributed by atoms with van der Waals surface area (Å²) in [5.74, 6) is 0.609. The first kappa shape index (κ1) is 16.7. The highest BCUT2D eigenvalue weighted by Crippen LogP contribution is 2.24. The van der Waals surface area contributed by atoms with Gasteiger partial charge in [0.15, 0.2) is 5.65 Å². The Morgan fingerprint density at radius 3 is 3.00 bits per heavy atom. The fourth-order valence-electron chi connectivity index (χ4n) is 3.01.